The van der Waals surface area contributed by atoms with Crippen LogP contribution in [-0.4, -0.2) is 33.5 Å². The number of carbonyl (C=O) groups excluding carboxylic acids is 2. The highest BCUT2D eigenvalue weighted by molar-refractivity contribution is 6.07. The molecule has 4 rings (SSSR count). The quantitative estimate of drug-likeness (QED) is 0.666. The Morgan fingerprint density at radius 3 is 2.67 bits per heavy atom. The second-order valence-corrected chi connectivity index (χ2v) is 8.06. The number of halogens is 1. The normalized spacial score (nSPS) is 15.9. The zero-order valence-corrected chi connectivity index (χ0v) is 18.5. The fraction of sp³-hybridized carbons (Fsp3) is 0.200. The summed E-state index contributed by atoms with van der Waals surface area (Å²) in [6.45, 7) is 1.85. The van der Waals surface area contributed by atoms with E-state index in [-0.39, 0.29) is 17.9 Å². The first-order valence-corrected chi connectivity index (χ1v) is 10.4. The van der Waals surface area contributed by atoms with Gasteiger partial charge in [-0.1, -0.05) is 24.3 Å². The molecule has 7 nitrogen and oxygen atoms in total. The predicted octanol–water partition coefficient (Wildman–Crippen LogP) is 3.36. The maximum Gasteiger partial charge on any atom is 0.274 e. The standard InChI is InChI=1S/C25H23FN4O3/c1-15-7-8-17(19-9-10-27-30(3)25(19)33)12-22(15)28-24(32)21-14-29(2)23(31)13-20(21)16-5-4-6-18(26)11-16/h4-12,14,20H,13H2,1-3H3,(H,28,32)/t20-/m0/s1. The lowest BCUT2D eigenvalue weighted by atomic mass is 9.85. The van der Waals surface area contributed by atoms with Gasteiger partial charge < -0.3 is 10.2 Å². The van der Waals surface area contributed by atoms with Crippen molar-refractivity contribution in [2.45, 2.75) is 19.3 Å². The Hall–Kier alpha value is -4.07. The zero-order valence-electron chi connectivity index (χ0n) is 18.5. The molecule has 0 spiro atoms. The lowest BCUT2D eigenvalue weighted by Crippen LogP contribution is -2.33. The summed E-state index contributed by atoms with van der Waals surface area (Å²) in [4.78, 5) is 39.5. The third-order valence-corrected chi connectivity index (χ3v) is 5.80. The number of benzene rings is 2. The number of nitrogens with one attached hydrogen (secondary N) is 1. The Morgan fingerprint density at radius 2 is 1.91 bits per heavy atom. The number of rotatable bonds is 4. The highest BCUT2D eigenvalue weighted by Crippen LogP contribution is 2.34. The highest BCUT2D eigenvalue weighted by atomic mass is 19.1. The molecule has 3 aromatic rings. The number of amides is 2. The number of hydrogen-bond donors (Lipinski definition) is 1. The van der Waals surface area contributed by atoms with Crippen LogP contribution < -0.4 is 10.9 Å². The van der Waals surface area contributed by atoms with Crippen molar-refractivity contribution in [2.75, 3.05) is 12.4 Å². The van der Waals surface area contributed by atoms with Crippen LogP contribution >= 0.6 is 0 Å². The van der Waals surface area contributed by atoms with Crippen molar-refractivity contribution in [3.05, 3.63) is 93.8 Å². The second-order valence-electron chi connectivity index (χ2n) is 8.06. The number of hydrogen-bond acceptors (Lipinski definition) is 4. The molecule has 33 heavy (non-hydrogen) atoms. The van der Waals surface area contributed by atoms with Gasteiger partial charge in [-0.3, -0.25) is 14.4 Å². The SMILES string of the molecule is Cc1ccc(-c2ccnn(C)c2=O)cc1NC(=O)C1=CN(C)C(=O)C[C@H]1c1cccc(F)c1. The summed E-state index contributed by atoms with van der Waals surface area (Å²) >= 11 is 0. The number of nitrogens with zero attached hydrogens (tertiary/aromatic N) is 3. The van der Waals surface area contributed by atoms with E-state index in [2.05, 4.69) is 10.4 Å². The van der Waals surface area contributed by atoms with E-state index in [1.807, 2.05) is 19.1 Å². The topological polar surface area (TPSA) is 84.3 Å². The molecule has 8 heteroatoms. The van der Waals surface area contributed by atoms with Crippen molar-refractivity contribution in [2.24, 2.45) is 7.05 Å². The van der Waals surface area contributed by atoms with Crippen molar-refractivity contribution < 1.29 is 14.0 Å². The van der Waals surface area contributed by atoms with Crippen molar-refractivity contribution in [1.29, 1.82) is 0 Å². The smallest absolute Gasteiger partial charge is 0.274 e. The minimum atomic E-state index is -0.569. The fourth-order valence-electron chi connectivity index (χ4n) is 3.88. The molecule has 0 bridgehead atoms. The molecule has 0 saturated heterocycles. The van der Waals surface area contributed by atoms with Crippen LogP contribution in [0, 0.1) is 12.7 Å². The van der Waals surface area contributed by atoms with Gasteiger partial charge in [-0.25, -0.2) is 9.07 Å². The second kappa shape index (κ2) is 8.82. The molecule has 1 N–H and O–H groups in total. The molecule has 1 aromatic heterocycles. The third kappa shape index (κ3) is 4.45. The molecule has 0 aliphatic carbocycles. The monoisotopic (exact) mass is 446 g/mol. The van der Waals surface area contributed by atoms with E-state index < -0.39 is 17.6 Å². The van der Waals surface area contributed by atoms with E-state index in [9.17, 15) is 18.8 Å². The van der Waals surface area contributed by atoms with E-state index >= 15 is 0 Å². The Bertz CT molecular complexity index is 1350. The predicted molar refractivity (Wildman–Crippen MR) is 123 cm³/mol. The Labute approximate surface area is 190 Å². The molecular formula is C25H23FN4O3. The summed E-state index contributed by atoms with van der Waals surface area (Å²) in [6, 6.07) is 12.9. The summed E-state index contributed by atoms with van der Waals surface area (Å²) in [5.74, 6) is -1.56. The molecule has 2 heterocycles. The van der Waals surface area contributed by atoms with Crippen LogP contribution in [0.15, 0.2) is 71.3 Å². The average Bonchev–Trinajstić information content (AvgIpc) is 2.78. The Balaban J connectivity index is 1.69. The van der Waals surface area contributed by atoms with Crippen LogP contribution in [0.1, 0.15) is 23.5 Å². The average molecular weight is 446 g/mol. The van der Waals surface area contributed by atoms with Gasteiger partial charge in [0.05, 0.1) is 5.56 Å². The molecule has 0 unspecified atom stereocenters. The number of aromatic nitrogens is 2. The number of anilines is 1. The van der Waals surface area contributed by atoms with Crippen LogP contribution in [-0.2, 0) is 16.6 Å². The molecule has 1 aliphatic rings. The van der Waals surface area contributed by atoms with Crippen molar-refractivity contribution >= 4 is 17.5 Å². The van der Waals surface area contributed by atoms with Gasteiger partial charge in [0.25, 0.3) is 11.5 Å². The first-order valence-electron chi connectivity index (χ1n) is 10.4. The molecule has 0 fully saturated rings. The molecule has 2 amide bonds. The molecule has 0 radical (unpaired) electrons. The van der Waals surface area contributed by atoms with E-state index in [1.54, 1.807) is 38.4 Å². The maximum atomic E-state index is 13.8. The summed E-state index contributed by atoms with van der Waals surface area (Å²) in [7, 11) is 3.16. The lowest BCUT2D eigenvalue weighted by molar-refractivity contribution is -0.128. The van der Waals surface area contributed by atoms with E-state index in [0.717, 1.165) is 5.56 Å². The molecule has 2 aromatic carbocycles. The van der Waals surface area contributed by atoms with E-state index in [4.69, 9.17) is 0 Å². The van der Waals surface area contributed by atoms with Crippen LogP contribution in [0.2, 0.25) is 0 Å². The van der Waals surface area contributed by atoms with Gasteiger partial charge in [-0.2, -0.15) is 5.10 Å². The zero-order chi connectivity index (χ0) is 23.7. The van der Waals surface area contributed by atoms with Gasteiger partial charge in [0.15, 0.2) is 0 Å². The van der Waals surface area contributed by atoms with Crippen molar-refractivity contribution in [1.82, 2.24) is 14.7 Å². The van der Waals surface area contributed by atoms with E-state index in [0.29, 0.717) is 28.0 Å². The number of aryl methyl sites for hydroxylation is 2. The first kappa shape index (κ1) is 22.1. The van der Waals surface area contributed by atoms with Crippen LogP contribution in [0.25, 0.3) is 11.1 Å². The maximum absolute atomic E-state index is 13.8. The van der Waals surface area contributed by atoms with Crippen LogP contribution in [0.3, 0.4) is 0 Å². The van der Waals surface area contributed by atoms with Crippen LogP contribution in [0.4, 0.5) is 10.1 Å². The van der Waals surface area contributed by atoms with Gasteiger partial charge >= 0.3 is 0 Å². The highest BCUT2D eigenvalue weighted by Gasteiger charge is 2.31. The van der Waals surface area contributed by atoms with E-state index in [1.165, 1.54) is 34.1 Å². The summed E-state index contributed by atoms with van der Waals surface area (Å²) in [5, 5.41) is 6.85. The molecule has 1 aliphatic heterocycles. The van der Waals surface area contributed by atoms with Crippen molar-refractivity contribution in [3.8, 4) is 11.1 Å². The third-order valence-electron chi connectivity index (χ3n) is 5.80. The van der Waals surface area contributed by atoms with Gasteiger partial charge in [0.2, 0.25) is 5.91 Å². The van der Waals surface area contributed by atoms with Gasteiger partial charge in [-0.15, -0.1) is 0 Å². The fourth-order valence-corrected chi connectivity index (χ4v) is 3.88. The largest absolute Gasteiger partial charge is 0.322 e. The first-order chi connectivity index (χ1) is 15.7. The Kier molecular flexibility index (Phi) is 5.91. The molecule has 168 valence electrons. The summed E-state index contributed by atoms with van der Waals surface area (Å²) in [5.41, 5.74) is 3.11. The summed E-state index contributed by atoms with van der Waals surface area (Å²) < 4.78 is 15.1. The van der Waals surface area contributed by atoms with Crippen LogP contribution in [0.5, 0.6) is 0 Å². The van der Waals surface area contributed by atoms with Crippen molar-refractivity contribution in [3.63, 3.8) is 0 Å². The molecular weight excluding hydrogens is 423 g/mol. The molecule has 0 saturated carbocycles. The minimum Gasteiger partial charge on any atom is -0.322 e. The molecule has 1 atom stereocenters. The lowest BCUT2D eigenvalue weighted by Gasteiger charge is -2.28. The summed E-state index contributed by atoms with van der Waals surface area (Å²) in [6.07, 6.45) is 3.10. The van der Waals surface area contributed by atoms with Gasteiger partial charge in [0, 0.05) is 50.1 Å². The van der Waals surface area contributed by atoms with Gasteiger partial charge in [-0.05, 0) is 47.9 Å². The Morgan fingerprint density at radius 1 is 1.12 bits per heavy atom. The number of carbonyl (C=O) groups is 2. The van der Waals surface area contributed by atoms with Gasteiger partial charge in [0.1, 0.15) is 5.82 Å². The minimum absolute atomic E-state index is 0.0608.